The Morgan fingerprint density at radius 2 is 1.22 bits per heavy atom. The Labute approximate surface area is 452 Å². The third-order valence-corrected chi connectivity index (χ3v) is 13.0. The largest absolute Gasteiger partial charge is 0.510 e. The number of hydrogen-bond donors (Lipinski definition) is 0. The number of pyridine rings is 1. The molecule has 0 N–H and O–H groups in total. The van der Waals surface area contributed by atoms with Gasteiger partial charge in [0.2, 0.25) is 0 Å². The maximum atomic E-state index is 9.12. The van der Waals surface area contributed by atoms with Gasteiger partial charge in [-0.1, -0.05) is 189 Å². The van der Waals surface area contributed by atoms with Gasteiger partial charge in [0, 0.05) is 44.3 Å². The number of ether oxygens (including phenoxy) is 1. The molecule has 0 radical (unpaired) electrons. The van der Waals surface area contributed by atoms with Gasteiger partial charge < -0.3 is 13.9 Å². The molecule has 0 amide bonds. The van der Waals surface area contributed by atoms with E-state index in [1.165, 1.54) is 0 Å². The Morgan fingerprint density at radius 3 is 1.94 bits per heavy atom. The van der Waals surface area contributed by atoms with E-state index in [0.717, 1.165) is 49.9 Å². The number of rotatable bonds is 8. The second kappa shape index (κ2) is 18.7. The zero-order chi connectivity index (χ0) is 57.9. The van der Waals surface area contributed by atoms with Gasteiger partial charge in [-0.05, 0) is 108 Å². The average Bonchev–Trinajstić information content (AvgIpc) is 2.20. The molecule has 0 saturated carbocycles. The molecule has 0 aliphatic rings. The van der Waals surface area contributed by atoms with E-state index in [9.17, 15) is 0 Å². The van der Waals surface area contributed by atoms with Crippen molar-refractivity contribution >= 4 is 32.8 Å². The van der Waals surface area contributed by atoms with Gasteiger partial charge in [-0.25, -0.2) is 4.98 Å². The minimum atomic E-state index is -0.647. The molecule has 0 aliphatic carbocycles. The maximum Gasteiger partial charge on any atom is 0.268 e. The van der Waals surface area contributed by atoms with Crippen LogP contribution in [0.5, 0.6) is 11.5 Å². The molecule has 0 atom stereocenters. The molecule has 0 bridgehead atoms. The van der Waals surface area contributed by atoms with E-state index < -0.39 is 41.7 Å². The molecule has 8 aromatic carbocycles. The van der Waals surface area contributed by atoms with Crippen molar-refractivity contribution in [3.8, 4) is 62.1 Å². The zero-order valence-electron chi connectivity index (χ0n) is 51.6. The monoisotopic (exact) mass is 1130 g/mol. The number of hydrogen-bond acceptors (Lipinski definition) is 2. The van der Waals surface area contributed by atoms with E-state index in [1.54, 1.807) is 18.2 Å². The van der Waals surface area contributed by atoms with E-state index in [0.29, 0.717) is 50.6 Å². The Balaban J connectivity index is 0.00000753. The van der Waals surface area contributed by atoms with Crippen LogP contribution >= 0.6 is 0 Å². The van der Waals surface area contributed by atoms with Gasteiger partial charge in [0.25, 0.3) is 6.33 Å². The van der Waals surface area contributed by atoms with Crippen LogP contribution in [0, 0.1) is 18.5 Å². The standard InChI is InChI=1S/C66H58N4O.Pt/c1-64(2,3)49-25-18-24-47(36-49)56-37-48(45-22-14-11-15-23-45)38-57(66(7,8)9)63(56)69-43-68(61-39-46(30-33-59(61)69)44-20-12-10-13-21-44)51-26-19-27-52(41-51)71-53-31-32-55-54-28-16-17-29-58(54)70(60(55)42-53)62-40-50(34-35-67-62)65(4,5)6;/h10-40H,1-9H3;/q-2;/i10D,11D,12D,13D,14D,15D,20D,21D,22D,23D;. The second-order valence-electron chi connectivity index (χ2n) is 21.1. The minimum absolute atomic E-state index is 0. The first kappa shape index (κ1) is 37.4. The summed E-state index contributed by atoms with van der Waals surface area (Å²) in [5.74, 6) is 1.55. The normalized spacial score (nSPS) is 14.1. The van der Waals surface area contributed by atoms with Gasteiger partial charge >= 0.3 is 0 Å². The number of benzene rings is 8. The van der Waals surface area contributed by atoms with Crippen molar-refractivity contribution in [2.24, 2.45) is 0 Å². The minimum Gasteiger partial charge on any atom is -0.510 e. The van der Waals surface area contributed by atoms with E-state index in [1.807, 2.05) is 88.1 Å². The van der Waals surface area contributed by atoms with Crippen LogP contribution in [-0.2, 0) is 37.3 Å². The molecule has 0 unspecified atom stereocenters. The van der Waals surface area contributed by atoms with Crippen LogP contribution in [0.3, 0.4) is 0 Å². The molecular weight excluding hydrogens is 1060 g/mol. The van der Waals surface area contributed by atoms with Crippen LogP contribution in [0.15, 0.2) is 188 Å². The smallest absolute Gasteiger partial charge is 0.268 e. The van der Waals surface area contributed by atoms with Crippen molar-refractivity contribution in [1.29, 1.82) is 0 Å². The van der Waals surface area contributed by atoms with E-state index in [2.05, 4.69) is 116 Å². The van der Waals surface area contributed by atoms with Gasteiger partial charge in [-0.3, -0.25) is 4.57 Å². The number of para-hydroxylation sites is 1. The summed E-state index contributed by atoms with van der Waals surface area (Å²) in [7, 11) is 0. The van der Waals surface area contributed by atoms with Crippen molar-refractivity contribution in [3.63, 3.8) is 0 Å². The molecule has 72 heavy (non-hydrogen) atoms. The van der Waals surface area contributed by atoms with Crippen LogP contribution < -0.4 is 9.30 Å². The van der Waals surface area contributed by atoms with Gasteiger partial charge in [0.1, 0.15) is 5.82 Å². The Bertz CT molecular complexity index is 4350. The predicted octanol–water partition coefficient (Wildman–Crippen LogP) is 16.5. The van der Waals surface area contributed by atoms with Crippen molar-refractivity contribution in [2.75, 3.05) is 0 Å². The summed E-state index contributed by atoms with van der Waals surface area (Å²) in [5.41, 5.74) is 8.45. The fourth-order valence-corrected chi connectivity index (χ4v) is 9.29. The van der Waals surface area contributed by atoms with E-state index >= 15 is 0 Å². The van der Waals surface area contributed by atoms with E-state index in [4.69, 9.17) is 23.4 Å². The first-order chi connectivity index (χ1) is 38.2. The molecule has 11 rings (SSSR count). The molecule has 0 aliphatic heterocycles. The van der Waals surface area contributed by atoms with Gasteiger partial charge in [-0.2, -0.15) is 18.2 Å². The van der Waals surface area contributed by atoms with E-state index in [-0.39, 0.29) is 67.2 Å². The molecule has 3 aromatic heterocycles. The first-order valence-corrected chi connectivity index (χ1v) is 23.8. The summed E-state index contributed by atoms with van der Waals surface area (Å²) in [6.45, 7) is 19.1. The fourth-order valence-electron chi connectivity index (χ4n) is 9.29. The number of imidazole rings is 1. The third kappa shape index (κ3) is 9.12. The van der Waals surface area contributed by atoms with Gasteiger partial charge in [0.15, 0.2) is 0 Å². The summed E-state index contributed by atoms with van der Waals surface area (Å²) in [6, 6.07) is 42.1. The van der Waals surface area contributed by atoms with Crippen LogP contribution in [0.2, 0.25) is 0 Å². The number of aromatic nitrogens is 4. The van der Waals surface area contributed by atoms with Crippen molar-refractivity contribution in [2.45, 2.75) is 78.6 Å². The maximum absolute atomic E-state index is 9.12. The van der Waals surface area contributed by atoms with Crippen LogP contribution in [-0.4, -0.2) is 14.1 Å². The summed E-state index contributed by atoms with van der Waals surface area (Å²) in [4.78, 5) is 4.84. The molecular formula is C66H58N4OPt-2. The average molecular weight is 1130 g/mol. The Morgan fingerprint density at radius 1 is 0.542 bits per heavy atom. The molecule has 360 valence electrons. The second-order valence-corrected chi connectivity index (χ2v) is 21.1. The van der Waals surface area contributed by atoms with Crippen molar-refractivity contribution < 1.29 is 44.1 Å². The molecule has 6 heteroatoms. The molecule has 11 aromatic rings. The molecule has 0 spiro atoms. The fraction of sp³-hybridized carbons (Fsp3) is 0.182. The number of fused-ring (bicyclic) bond motifs is 4. The third-order valence-electron chi connectivity index (χ3n) is 13.0. The van der Waals surface area contributed by atoms with Crippen LogP contribution in [0.1, 0.15) is 92.7 Å². The zero-order valence-corrected chi connectivity index (χ0v) is 43.9. The summed E-state index contributed by atoms with van der Waals surface area (Å²) < 4.78 is 100. The van der Waals surface area contributed by atoms with Crippen LogP contribution in [0.25, 0.3) is 83.4 Å². The molecule has 3 heterocycles. The Kier molecular flexibility index (Phi) is 9.72. The number of nitrogens with zero attached hydrogens (tertiary/aromatic N) is 4. The predicted molar refractivity (Wildman–Crippen MR) is 292 cm³/mol. The first-order valence-electron chi connectivity index (χ1n) is 28.8. The Hall–Kier alpha value is -7.33. The van der Waals surface area contributed by atoms with Gasteiger partial charge in [-0.15, -0.1) is 29.7 Å². The van der Waals surface area contributed by atoms with Gasteiger partial charge in [0.05, 0.1) is 30.4 Å². The van der Waals surface area contributed by atoms with Crippen molar-refractivity contribution in [3.05, 3.63) is 223 Å². The quantitative estimate of drug-likeness (QED) is 0.112. The van der Waals surface area contributed by atoms with Crippen LogP contribution in [0.4, 0.5) is 0 Å². The summed E-state index contributed by atoms with van der Waals surface area (Å²) in [6.07, 6.45) is 5.52. The topological polar surface area (TPSA) is 35.9 Å². The molecule has 0 saturated heterocycles. The summed E-state index contributed by atoms with van der Waals surface area (Å²) in [5, 5.41) is 2.02. The molecule has 0 fully saturated rings. The SMILES string of the molecule is [2H]c1c([2H])c([2H])c(-c2cc(-c3cccc(C(C)(C)C)c3)c(-[n+]3[c-]n(-c4[c-]c(Oc5[c-]c6c(cc5)c5ccccc5n6-c5cc(C(C)(C)C)ccn5)ccc4)c4cc(-c5c([2H])c([2H])c([2H])c([2H])c5[2H])ccc43)c(C(C)(C)C)c2)c([2H])c1[2H].[Pt]. The van der Waals surface area contributed by atoms with Crippen molar-refractivity contribution in [1.82, 2.24) is 14.1 Å². The molecule has 5 nitrogen and oxygen atoms in total. The summed E-state index contributed by atoms with van der Waals surface area (Å²) >= 11 is 0.